The van der Waals surface area contributed by atoms with E-state index in [4.69, 9.17) is 0 Å². The third kappa shape index (κ3) is 6.78. The van der Waals surface area contributed by atoms with Crippen LogP contribution in [0.5, 0.6) is 0 Å². The Balaban J connectivity index is 1.59. The number of aryl methyl sites for hydroxylation is 6. The third-order valence-electron chi connectivity index (χ3n) is 9.41. The molecule has 230 valence electrons. The molecule has 4 heteroatoms. The van der Waals surface area contributed by atoms with E-state index in [9.17, 15) is 13.0 Å². The summed E-state index contributed by atoms with van der Waals surface area (Å²) in [6.45, 7) is 17.3. The van der Waals surface area contributed by atoms with Crippen molar-refractivity contribution in [2.24, 2.45) is 0 Å². The van der Waals surface area contributed by atoms with Crippen LogP contribution in [0.4, 0.5) is 0 Å². The van der Waals surface area contributed by atoms with Gasteiger partial charge in [-0.3, -0.25) is 4.55 Å². The van der Waals surface area contributed by atoms with Crippen LogP contribution in [0.2, 0.25) is 0 Å². The first-order valence-electron chi connectivity index (χ1n) is 15.5. The van der Waals surface area contributed by atoms with Gasteiger partial charge in [-0.1, -0.05) is 42.0 Å². The molecule has 0 saturated carbocycles. The minimum absolute atomic E-state index is 0.0990. The molecule has 1 aliphatic rings. The van der Waals surface area contributed by atoms with Gasteiger partial charge in [-0.25, -0.2) is 0 Å². The molecule has 0 amide bonds. The third-order valence-corrected chi connectivity index (χ3v) is 10.3. The second-order valence-electron chi connectivity index (χ2n) is 12.7. The van der Waals surface area contributed by atoms with Crippen LogP contribution in [0.3, 0.4) is 0 Å². The van der Waals surface area contributed by atoms with Crippen molar-refractivity contribution >= 4 is 15.7 Å². The quantitative estimate of drug-likeness (QED) is 0.166. The highest BCUT2D eigenvalue weighted by Crippen LogP contribution is 2.38. The molecular weight excluding hydrogens is 573 g/mol. The fraction of sp³-hybridized carbons (Fsp3) is 0.244. The second-order valence-corrected chi connectivity index (χ2v) is 14.0. The highest BCUT2D eigenvalue weighted by molar-refractivity contribution is 7.89. The highest BCUT2D eigenvalue weighted by Gasteiger charge is 2.35. The smallest absolute Gasteiger partial charge is 0.274 e. The molecule has 0 fully saturated rings. The zero-order valence-electron chi connectivity index (χ0n) is 27.7. The van der Waals surface area contributed by atoms with Gasteiger partial charge in [0.2, 0.25) is 0 Å². The summed E-state index contributed by atoms with van der Waals surface area (Å²) in [7, 11) is -4.45. The van der Waals surface area contributed by atoms with Crippen molar-refractivity contribution < 1.29 is 13.0 Å². The fourth-order valence-electron chi connectivity index (χ4n) is 6.71. The Morgan fingerprint density at radius 2 is 1.27 bits per heavy atom. The molecule has 0 spiro atoms. The Morgan fingerprint density at radius 3 is 1.89 bits per heavy atom. The van der Waals surface area contributed by atoms with Gasteiger partial charge in [-0.05, 0) is 154 Å². The van der Waals surface area contributed by atoms with Gasteiger partial charge >= 0.3 is 10.1 Å². The number of rotatable bonds is 7. The first-order valence-corrected chi connectivity index (χ1v) is 16.9. The summed E-state index contributed by atoms with van der Waals surface area (Å²) in [6.07, 6.45) is 8.34. The van der Waals surface area contributed by atoms with Gasteiger partial charge in [0.05, 0.1) is 5.57 Å². The van der Waals surface area contributed by atoms with Crippen LogP contribution in [-0.2, 0) is 23.0 Å². The van der Waals surface area contributed by atoms with E-state index in [-0.39, 0.29) is 5.25 Å². The maximum absolute atomic E-state index is 12.5. The maximum atomic E-state index is 12.5. The average Bonchev–Trinajstić information content (AvgIpc) is 2.97. The summed E-state index contributed by atoms with van der Waals surface area (Å²) in [5.41, 5.74) is 18.4. The van der Waals surface area contributed by atoms with Gasteiger partial charge in [-0.15, -0.1) is 0 Å². The van der Waals surface area contributed by atoms with Crippen molar-refractivity contribution in [1.82, 2.24) is 0 Å². The molecule has 1 aliphatic carbocycles. The summed E-state index contributed by atoms with van der Waals surface area (Å²) < 4.78 is 35.3. The summed E-state index contributed by atoms with van der Waals surface area (Å²) in [4.78, 5) is 0. The van der Waals surface area contributed by atoms with Crippen molar-refractivity contribution in [3.63, 3.8) is 0 Å². The van der Waals surface area contributed by atoms with Crippen molar-refractivity contribution in [2.45, 2.75) is 68.2 Å². The molecule has 1 N–H and O–H groups in total. The van der Waals surface area contributed by atoms with Crippen LogP contribution >= 0.6 is 0 Å². The minimum Gasteiger partial charge on any atom is -0.274 e. The Kier molecular flexibility index (Phi) is 9.11. The van der Waals surface area contributed by atoms with Crippen molar-refractivity contribution in [3.05, 3.63) is 174 Å². The van der Waals surface area contributed by atoms with E-state index in [0.717, 1.165) is 35.1 Å². The van der Waals surface area contributed by atoms with E-state index >= 15 is 0 Å². The first-order chi connectivity index (χ1) is 21.2. The topological polar surface area (TPSA) is 54.4 Å². The van der Waals surface area contributed by atoms with Crippen LogP contribution in [0.1, 0.15) is 77.9 Å². The lowest BCUT2D eigenvalue weighted by molar-refractivity contribution is 0.487. The predicted molar refractivity (Wildman–Crippen MR) is 188 cm³/mol. The first kappa shape index (κ1) is 32.3. The van der Waals surface area contributed by atoms with Crippen LogP contribution in [0.15, 0.2) is 90.5 Å². The molecule has 4 aromatic rings. The Bertz CT molecular complexity index is 1960. The van der Waals surface area contributed by atoms with E-state index in [1.807, 2.05) is 6.08 Å². The lowest BCUT2D eigenvalue weighted by Gasteiger charge is -2.17. The molecule has 0 bridgehead atoms. The van der Waals surface area contributed by atoms with Crippen LogP contribution in [-0.4, -0.2) is 13.0 Å². The van der Waals surface area contributed by atoms with Crippen molar-refractivity contribution in [2.75, 3.05) is 0 Å². The fourth-order valence-corrected chi connectivity index (χ4v) is 7.41. The SMILES string of the molecule is Cc1cc(C)c(Cc2ccc(C(=C3C=CC=C[C+]3S(=O)(=O)O)c3ccc(Cc4c(C)cc(C)c(C)c4C)cc3)cc2C)c(C)c1. The monoisotopic (exact) mass is 615 g/mol. The summed E-state index contributed by atoms with van der Waals surface area (Å²) in [5.74, 6) is 0. The molecule has 5 rings (SSSR count). The van der Waals surface area contributed by atoms with E-state index in [1.165, 1.54) is 67.3 Å². The number of benzene rings is 4. The molecule has 45 heavy (non-hydrogen) atoms. The molecule has 0 unspecified atom stereocenters. The van der Waals surface area contributed by atoms with Gasteiger partial charge in [0.1, 0.15) is 5.57 Å². The van der Waals surface area contributed by atoms with Crippen LogP contribution < -0.4 is 0 Å². The molecule has 0 aromatic heterocycles. The summed E-state index contributed by atoms with van der Waals surface area (Å²) in [5, 5.41) is -0.0990. The number of allylic oxidation sites excluding steroid dienone is 3. The zero-order valence-corrected chi connectivity index (χ0v) is 28.5. The Morgan fingerprint density at radius 1 is 0.644 bits per heavy atom. The van der Waals surface area contributed by atoms with Crippen LogP contribution in [0.25, 0.3) is 5.57 Å². The van der Waals surface area contributed by atoms with Crippen molar-refractivity contribution in [3.8, 4) is 0 Å². The molecule has 0 radical (unpaired) electrons. The van der Waals surface area contributed by atoms with E-state index in [1.54, 1.807) is 12.2 Å². The molecule has 0 atom stereocenters. The summed E-state index contributed by atoms with van der Waals surface area (Å²) >= 11 is 0. The lowest BCUT2D eigenvalue weighted by atomic mass is 9.86. The molecule has 0 heterocycles. The second kappa shape index (κ2) is 12.7. The minimum atomic E-state index is -4.45. The highest BCUT2D eigenvalue weighted by atomic mass is 32.2. The largest absolute Gasteiger partial charge is 0.331 e. The van der Waals surface area contributed by atoms with E-state index < -0.39 is 10.1 Å². The number of hydrogen-bond donors (Lipinski definition) is 1. The van der Waals surface area contributed by atoms with Gasteiger partial charge in [0.15, 0.2) is 5.25 Å². The van der Waals surface area contributed by atoms with E-state index in [0.29, 0.717) is 5.57 Å². The maximum Gasteiger partial charge on any atom is 0.331 e. The molecule has 0 aliphatic heterocycles. The average molecular weight is 616 g/mol. The van der Waals surface area contributed by atoms with Gasteiger partial charge in [0, 0.05) is 35.4 Å². The molecular formula is C41H43O3S+. The summed E-state index contributed by atoms with van der Waals surface area (Å²) in [6, 6.07) is 21.5. The molecule has 0 saturated heterocycles. The normalized spacial score (nSPS) is 14.3. The van der Waals surface area contributed by atoms with Gasteiger partial charge in [-0.2, -0.15) is 8.42 Å². The standard InChI is InChI=1S/C41H42O3S/c1-25-19-28(4)38(29(5)20-25)24-35-17-18-36(22-27(35)3)41(37-11-9-10-12-40(37)45(42,43)44)34-15-13-33(14-16-34)23-39-30(6)21-26(2)31(7)32(39)8/h9-22H,23-24H2,1-8H3/p+1. The van der Waals surface area contributed by atoms with Gasteiger partial charge in [0.25, 0.3) is 0 Å². The van der Waals surface area contributed by atoms with E-state index in [2.05, 4.69) is 116 Å². The zero-order chi connectivity index (χ0) is 32.6. The molecule has 4 aromatic carbocycles. The van der Waals surface area contributed by atoms with Gasteiger partial charge < -0.3 is 0 Å². The van der Waals surface area contributed by atoms with Crippen molar-refractivity contribution in [1.29, 1.82) is 0 Å². The van der Waals surface area contributed by atoms with Crippen LogP contribution in [0, 0.1) is 60.6 Å². The molecule has 3 nitrogen and oxygen atoms in total. The Hall–Kier alpha value is -4.12. The predicted octanol–water partition coefficient (Wildman–Crippen LogP) is 9.68. The number of hydrogen-bond acceptors (Lipinski definition) is 2. The lowest BCUT2D eigenvalue weighted by Crippen LogP contribution is -2.14. The Labute approximate surface area is 269 Å².